The number of benzene rings is 1. The monoisotopic (exact) mass is 381 g/mol. The van der Waals surface area contributed by atoms with Gasteiger partial charge in [0.25, 0.3) is 5.95 Å². The zero-order chi connectivity index (χ0) is 19.0. The first kappa shape index (κ1) is 17.2. The summed E-state index contributed by atoms with van der Waals surface area (Å²) in [5.74, 6) is 0.0746. The number of nitrogens with one attached hydrogen (secondary N) is 1. The van der Waals surface area contributed by atoms with E-state index in [1.807, 2.05) is 6.92 Å². The molecule has 0 radical (unpaired) electrons. The minimum Gasteiger partial charge on any atom is -0.478 e. The van der Waals surface area contributed by atoms with E-state index in [1.54, 1.807) is 42.7 Å². The van der Waals surface area contributed by atoms with Gasteiger partial charge in [-0.2, -0.15) is 9.78 Å². The number of anilines is 1. The molecule has 0 spiro atoms. The fourth-order valence-electron chi connectivity index (χ4n) is 2.99. The van der Waals surface area contributed by atoms with Crippen LogP contribution >= 0.6 is 11.8 Å². The molecule has 0 bridgehead atoms. The highest BCUT2D eigenvalue weighted by molar-refractivity contribution is 8.00. The molecule has 2 N–H and O–H groups in total. The van der Waals surface area contributed by atoms with Crippen LogP contribution in [0.3, 0.4) is 0 Å². The number of rotatable bonds is 3. The van der Waals surface area contributed by atoms with Gasteiger partial charge in [-0.25, -0.2) is 14.8 Å². The fourth-order valence-corrected chi connectivity index (χ4v) is 4.18. The Morgan fingerprint density at radius 3 is 2.63 bits per heavy atom. The number of aryl methyl sites for hydroxylation is 1. The Morgan fingerprint density at radius 1 is 1.26 bits per heavy atom. The third-order valence-electron chi connectivity index (χ3n) is 4.21. The van der Waals surface area contributed by atoms with Gasteiger partial charge in [0.1, 0.15) is 5.82 Å². The van der Waals surface area contributed by atoms with Gasteiger partial charge < -0.3 is 10.4 Å². The molecule has 9 heteroatoms. The van der Waals surface area contributed by atoms with Gasteiger partial charge in [0.05, 0.1) is 22.3 Å². The second kappa shape index (κ2) is 6.84. The number of nitrogens with zero attached hydrogens (tertiary/aromatic N) is 4. The van der Waals surface area contributed by atoms with Crippen molar-refractivity contribution in [3.63, 3.8) is 0 Å². The Hall–Kier alpha value is -3.20. The number of carboxylic acids is 1. The van der Waals surface area contributed by atoms with E-state index in [0.29, 0.717) is 11.8 Å². The van der Waals surface area contributed by atoms with Crippen molar-refractivity contribution in [2.75, 3.05) is 11.1 Å². The SMILES string of the molecule is Cc1nn(-c2ncccn2)c2c1C(c1ccc(C(=O)O)cc1)SCC(=O)N2. The lowest BCUT2D eigenvalue weighted by Crippen LogP contribution is -2.16. The second-order valence-electron chi connectivity index (χ2n) is 5.97. The summed E-state index contributed by atoms with van der Waals surface area (Å²) >= 11 is 1.47. The summed E-state index contributed by atoms with van der Waals surface area (Å²) in [6.45, 7) is 1.87. The molecule has 3 aromatic rings. The van der Waals surface area contributed by atoms with Gasteiger partial charge in [-0.3, -0.25) is 4.79 Å². The molecule has 1 aliphatic rings. The van der Waals surface area contributed by atoms with E-state index in [1.165, 1.54) is 16.4 Å². The first-order valence-corrected chi connectivity index (χ1v) is 9.21. The molecule has 1 unspecified atom stereocenters. The quantitative estimate of drug-likeness (QED) is 0.717. The number of carbonyl (C=O) groups is 2. The minimum absolute atomic E-state index is 0.136. The number of amides is 1. The Balaban J connectivity index is 1.84. The van der Waals surface area contributed by atoms with Crippen molar-refractivity contribution in [3.05, 3.63) is 65.1 Å². The van der Waals surface area contributed by atoms with Crippen molar-refractivity contribution in [1.29, 1.82) is 0 Å². The highest BCUT2D eigenvalue weighted by Crippen LogP contribution is 2.43. The highest BCUT2D eigenvalue weighted by Gasteiger charge is 2.31. The molecule has 1 aliphatic heterocycles. The number of carboxylic acid groups (broad SMARTS) is 1. The molecule has 0 saturated carbocycles. The van der Waals surface area contributed by atoms with Crippen molar-refractivity contribution in [2.24, 2.45) is 0 Å². The molecule has 0 fully saturated rings. The Kier molecular flexibility index (Phi) is 4.36. The molecular formula is C18H15N5O3S. The number of thioether (sulfide) groups is 1. The molecule has 0 aliphatic carbocycles. The Labute approximate surface area is 158 Å². The molecule has 27 heavy (non-hydrogen) atoms. The normalized spacial score (nSPS) is 16.3. The van der Waals surface area contributed by atoms with Crippen LogP contribution in [-0.4, -0.2) is 42.5 Å². The molecule has 8 nitrogen and oxygen atoms in total. The predicted octanol–water partition coefficient (Wildman–Crippen LogP) is 2.44. The summed E-state index contributed by atoms with van der Waals surface area (Å²) < 4.78 is 1.53. The van der Waals surface area contributed by atoms with E-state index in [0.717, 1.165) is 16.8 Å². The molecule has 2 aromatic heterocycles. The van der Waals surface area contributed by atoms with Crippen molar-refractivity contribution >= 4 is 29.5 Å². The highest BCUT2D eigenvalue weighted by atomic mass is 32.2. The minimum atomic E-state index is -0.974. The largest absolute Gasteiger partial charge is 0.478 e. The average Bonchev–Trinajstić information content (AvgIpc) is 2.88. The summed E-state index contributed by atoms with van der Waals surface area (Å²) in [6, 6.07) is 8.39. The molecule has 1 aromatic carbocycles. The second-order valence-corrected chi connectivity index (χ2v) is 7.07. The topological polar surface area (TPSA) is 110 Å². The van der Waals surface area contributed by atoms with Gasteiger partial charge in [-0.1, -0.05) is 12.1 Å². The van der Waals surface area contributed by atoms with Crippen LogP contribution in [0.4, 0.5) is 5.82 Å². The maximum atomic E-state index is 12.3. The van der Waals surface area contributed by atoms with Crippen LogP contribution in [0.15, 0.2) is 42.7 Å². The molecule has 1 atom stereocenters. The number of carbonyl (C=O) groups excluding carboxylic acids is 1. The van der Waals surface area contributed by atoms with E-state index in [2.05, 4.69) is 20.4 Å². The molecule has 0 saturated heterocycles. The third-order valence-corrected chi connectivity index (χ3v) is 5.48. The van der Waals surface area contributed by atoms with Gasteiger partial charge in [0.2, 0.25) is 5.91 Å². The molecule has 3 heterocycles. The first-order valence-electron chi connectivity index (χ1n) is 8.16. The number of fused-ring (bicyclic) bond motifs is 1. The molecular weight excluding hydrogens is 366 g/mol. The summed E-state index contributed by atoms with van der Waals surface area (Å²) in [4.78, 5) is 31.8. The van der Waals surface area contributed by atoms with Gasteiger partial charge in [-0.05, 0) is 30.7 Å². The van der Waals surface area contributed by atoms with E-state index < -0.39 is 5.97 Å². The summed E-state index contributed by atoms with van der Waals surface area (Å²) in [5.41, 5.74) is 2.73. The Bertz CT molecular complexity index is 1020. The number of hydrogen-bond donors (Lipinski definition) is 2. The van der Waals surface area contributed by atoms with Crippen molar-refractivity contribution < 1.29 is 14.7 Å². The standard InChI is InChI=1S/C18H15N5O3S/c1-10-14-15(11-3-5-12(6-4-11)17(25)26)27-9-13(24)21-16(14)23(22-10)18-19-7-2-8-20-18/h2-8,15H,9H2,1H3,(H,21,24)(H,25,26). The lowest BCUT2D eigenvalue weighted by molar-refractivity contribution is -0.113. The van der Waals surface area contributed by atoms with Crippen molar-refractivity contribution in [2.45, 2.75) is 12.2 Å². The van der Waals surface area contributed by atoms with Crippen LogP contribution in [0.2, 0.25) is 0 Å². The first-order chi connectivity index (χ1) is 13.0. The number of aromatic carboxylic acids is 1. The molecule has 1 amide bonds. The predicted molar refractivity (Wildman–Crippen MR) is 100 cm³/mol. The summed E-state index contributed by atoms with van der Waals surface area (Å²) in [7, 11) is 0. The van der Waals surface area contributed by atoms with Gasteiger partial charge >= 0.3 is 5.97 Å². The van der Waals surface area contributed by atoms with Crippen LogP contribution in [0.5, 0.6) is 0 Å². The maximum Gasteiger partial charge on any atom is 0.335 e. The zero-order valence-electron chi connectivity index (χ0n) is 14.3. The van der Waals surface area contributed by atoms with Crippen molar-refractivity contribution in [1.82, 2.24) is 19.7 Å². The van der Waals surface area contributed by atoms with Gasteiger partial charge in [0.15, 0.2) is 0 Å². The van der Waals surface area contributed by atoms with Gasteiger partial charge in [-0.15, -0.1) is 11.8 Å². The maximum absolute atomic E-state index is 12.3. The van der Waals surface area contributed by atoms with E-state index in [4.69, 9.17) is 5.11 Å². The summed E-state index contributed by atoms with van der Waals surface area (Å²) in [5, 5.41) is 16.4. The van der Waals surface area contributed by atoms with E-state index >= 15 is 0 Å². The zero-order valence-corrected chi connectivity index (χ0v) is 15.1. The van der Waals surface area contributed by atoms with Crippen LogP contribution in [0, 0.1) is 6.92 Å². The fraction of sp³-hybridized carbons (Fsp3) is 0.167. The number of hydrogen-bond acceptors (Lipinski definition) is 6. The molecule has 4 rings (SSSR count). The summed E-state index contributed by atoms with van der Waals surface area (Å²) in [6.07, 6.45) is 3.22. The van der Waals surface area contributed by atoms with Crippen LogP contribution in [0.1, 0.15) is 32.4 Å². The lowest BCUT2D eigenvalue weighted by Gasteiger charge is -2.15. The lowest BCUT2D eigenvalue weighted by atomic mass is 10.0. The van der Waals surface area contributed by atoms with E-state index in [9.17, 15) is 9.59 Å². The van der Waals surface area contributed by atoms with Crippen LogP contribution < -0.4 is 5.32 Å². The average molecular weight is 381 g/mol. The number of aromatic nitrogens is 4. The molecule has 136 valence electrons. The smallest absolute Gasteiger partial charge is 0.335 e. The van der Waals surface area contributed by atoms with E-state index in [-0.39, 0.29) is 22.5 Å². The third kappa shape index (κ3) is 3.17. The van der Waals surface area contributed by atoms with Crippen LogP contribution in [-0.2, 0) is 4.79 Å². The van der Waals surface area contributed by atoms with Gasteiger partial charge in [0, 0.05) is 18.0 Å². The van der Waals surface area contributed by atoms with Crippen molar-refractivity contribution in [3.8, 4) is 5.95 Å². The van der Waals surface area contributed by atoms with Crippen LogP contribution in [0.25, 0.3) is 5.95 Å². The Morgan fingerprint density at radius 2 is 1.96 bits per heavy atom.